The van der Waals surface area contributed by atoms with E-state index in [1.807, 2.05) is 13.2 Å². The average molecular weight is 274 g/mol. The number of nitrogens with one attached hydrogen (secondary N) is 1. The van der Waals surface area contributed by atoms with Crippen LogP contribution >= 0.6 is 11.8 Å². The molecule has 0 heterocycles. The molecule has 0 aliphatic carbocycles. The van der Waals surface area contributed by atoms with Crippen molar-refractivity contribution in [1.29, 1.82) is 0 Å². The van der Waals surface area contributed by atoms with Crippen molar-refractivity contribution in [2.45, 2.75) is 24.8 Å². The number of benzene rings is 1. The molecule has 1 atom stereocenters. The van der Waals surface area contributed by atoms with E-state index in [1.165, 1.54) is 0 Å². The summed E-state index contributed by atoms with van der Waals surface area (Å²) in [4.78, 5) is 0.188. The topological polar surface area (TPSA) is 72.2 Å². The van der Waals surface area contributed by atoms with Gasteiger partial charge >= 0.3 is 0 Å². The molecule has 1 unspecified atom stereocenters. The molecule has 96 valence electrons. The summed E-state index contributed by atoms with van der Waals surface area (Å²) in [5.74, 6) is 0.727. The summed E-state index contributed by atoms with van der Waals surface area (Å²) in [5, 5.41) is 0. The Morgan fingerprint density at radius 1 is 1.47 bits per heavy atom. The molecular formula is C11H18N2O2S2. The highest BCUT2D eigenvalue weighted by molar-refractivity contribution is 7.98. The van der Waals surface area contributed by atoms with Crippen LogP contribution in [0.2, 0.25) is 0 Å². The Morgan fingerprint density at radius 2 is 2.12 bits per heavy atom. The quantitative estimate of drug-likeness (QED) is 0.800. The van der Waals surface area contributed by atoms with E-state index in [2.05, 4.69) is 4.72 Å². The Kier molecular flexibility index (Phi) is 4.85. The fraction of sp³-hybridized carbons (Fsp3) is 0.455. The molecule has 0 saturated heterocycles. The lowest BCUT2D eigenvalue weighted by Gasteiger charge is -2.15. The zero-order chi connectivity index (χ0) is 13.1. The molecule has 0 aromatic heterocycles. The average Bonchev–Trinajstić information content (AvgIpc) is 2.15. The van der Waals surface area contributed by atoms with E-state index in [9.17, 15) is 8.42 Å². The number of sulfonamides is 1. The summed E-state index contributed by atoms with van der Waals surface area (Å²) in [5.41, 5.74) is 6.68. The number of nitrogens with two attached hydrogens (primary N) is 1. The van der Waals surface area contributed by atoms with Crippen LogP contribution in [0, 0.1) is 6.92 Å². The van der Waals surface area contributed by atoms with Crippen LogP contribution in [0.15, 0.2) is 23.1 Å². The van der Waals surface area contributed by atoms with Crippen molar-refractivity contribution >= 4 is 27.5 Å². The molecule has 0 radical (unpaired) electrons. The van der Waals surface area contributed by atoms with Gasteiger partial charge in [0.15, 0.2) is 0 Å². The first-order chi connectivity index (χ1) is 7.88. The summed E-state index contributed by atoms with van der Waals surface area (Å²) < 4.78 is 26.9. The van der Waals surface area contributed by atoms with Gasteiger partial charge in [0.1, 0.15) is 4.90 Å². The van der Waals surface area contributed by atoms with Crippen molar-refractivity contribution < 1.29 is 8.42 Å². The Bertz CT molecular complexity index is 466. The van der Waals surface area contributed by atoms with E-state index in [1.54, 1.807) is 36.9 Å². The SMILES string of the molecule is CSCC(C)NS(=O)(=O)c1c(C)cccc1N. The summed E-state index contributed by atoms with van der Waals surface area (Å²) >= 11 is 1.60. The Hall–Kier alpha value is -0.720. The maximum atomic E-state index is 12.2. The minimum Gasteiger partial charge on any atom is -0.398 e. The standard InChI is InChI=1S/C11H18N2O2S2/c1-8-5-4-6-10(12)11(8)17(14,15)13-9(2)7-16-3/h4-6,9,13H,7,12H2,1-3H3. The number of hydrogen-bond donors (Lipinski definition) is 2. The number of anilines is 1. The number of thioether (sulfide) groups is 1. The second kappa shape index (κ2) is 5.75. The first-order valence-corrected chi connectivity index (χ1v) is 8.12. The van der Waals surface area contributed by atoms with Gasteiger partial charge in [-0.3, -0.25) is 0 Å². The lowest BCUT2D eigenvalue weighted by atomic mass is 10.2. The van der Waals surface area contributed by atoms with Crippen molar-refractivity contribution in [3.8, 4) is 0 Å². The van der Waals surface area contributed by atoms with Crippen molar-refractivity contribution in [2.24, 2.45) is 0 Å². The molecule has 1 aromatic carbocycles. The predicted molar refractivity (Wildman–Crippen MR) is 73.8 cm³/mol. The molecular weight excluding hydrogens is 256 g/mol. The van der Waals surface area contributed by atoms with E-state index in [0.29, 0.717) is 5.56 Å². The Morgan fingerprint density at radius 3 is 2.65 bits per heavy atom. The van der Waals surface area contributed by atoms with E-state index >= 15 is 0 Å². The van der Waals surface area contributed by atoms with Crippen molar-refractivity contribution in [2.75, 3.05) is 17.7 Å². The lowest BCUT2D eigenvalue weighted by Crippen LogP contribution is -2.35. The van der Waals surface area contributed by atoms with Gasteiger partial charge in [-0.15, -0.1) is 0 Å². The van der Waals surface area contributed by atoms with Gasteiger partial charge in [-0.2, -0.15) is 11.8 Å². The van der Waals surface area contributed by atoms with Crippen molar-refractivity contribution in [3.05, 3.63) is 23.8 Å². The fourth-order valence-electron chi connectivity index (χ4n) is 1.65. The number of aryl methyl sites for hydroxylation is 1. The molecule has 0 bridgehead atoms. The van der Waals surface area contributed by atoms with Crippen LogP contribution < -0.4 is 10.5 Å². The monoisotopic (exact) mass is 274 g/mol. The van der Waals surface area contributed by atoms with Gasteiger partial charge in [0.2, 0.25) is 10.0 Å². The molecule has 0 fully saturated rings. The molecule has 17 heavy (non-hydrogen) atoms. The number of rotatable bonds is 5. The second-order valence-electron chi connectivity index (χ2n) is 3.97. The van der Waals surface area contributed by atoms with Crippen molar-refractivity contribution in [1.82, 2.24) is 4.72 Å². The lowest BCUT2D eigenvalue weighted by molar-refractivity contribution is 0.571. The van der Waals surface area contributed by atoms with Crippen LogP contribution in [0.5, 0.6) is 0 Å². The summed E-state index contributed by atoms with van der Waals surface area (Å²) in [6.07, 6.45) is 1.94. The summed E-state index contributed by atoms with van der Waals surface area (Å²) in [6, 6.07) is 4.97. The molecule has 0 spiro atoms. The summed E-state index contributed by atoms with van der Waals surface area (Å²) in [6.45, 7) is 3.58. The summed E-state index contributed by atoms with van der Waals surface area (Å²) in [7, 11) is -3.53. The van der Waals surface area contributed by atoms with Gasteiger partial charge in [-0.05, 0) is 31.7 Å². The molecule has 0 amide bonds. The molecule has 3 N–H and O–H groups in total. The molecule has 0 aliphatic heterocycles. The largest absolute Gasteiger partial charge is 0.398 e. The molecule has 6 heteroatoms. The predicted octanol–water partition coefficient (Wildman–Crippen LogP) is 1.61. The van der Waals surface area contributed by atoms with Crippen LogP contribution in [0.3, 0.4) is 0 Å². The molecule has 4 nitrogen and oxygen atoms in total. The van der Waals surface area contributed by atoms with Gasteiger partial charge in [-0.1, -0.05) is 12.1 Å². The minimum absolute atomic E-state index is 0.117. The van der Waals surface area contributed by atoms with Crippen LogP contribution in [0.4, 0.5) is 5.69 Å². The highest BCUT2D eigenvalue weighted by Gasteiger charge is 2.21. The molecule has 1 aromatic rings. The number of hydrogen-bond acceptors (Lipinski definition) is 4. The third-order valence-corrected chi connectivity index (χ3v) is 4.93. The van der Waals surface area contributed by atoms with Crippen LogP contribution in [0.1, 0.15) is 12.5 Å². The van der Waals surface area contributed by atoms with E-state index < -0.39 is 10.0 Å². The third kappa shape index (κ3) is 3.62. The first kappa shape index (κ1) is 14.3. The second-order valence-corrected chi connectivity index (χ2v) is 6.53. The molecule has 1 rings (SSSR count). The first-order valence-electron chi connectivity index (χ1n) is 5.25. The van der Waals surface area contributed by atoms with E-state index in [4.69, 9.17) is 5.73 Å². The van der Waals surface area contributed by atoms with Gasteiger partial charge in [-0.25, -0.2) is 13.1 Å². The van der Waals surface area contributed by atoms with Crippen LogP contribution in [-0.4, -0.2) is 26.5 Å². The van der Waals surface area contributed by atoms with Crippen LogP contribution in [-0.2, 0) is 10.0 Å². The maximum absolute atomic E-state index is 12.2. The third-order valence-electron chi connectivity index (χ3n) is 2.28. The normalized spacial score (nSPS) is 13.6. The van der Waals surface area contributed by atoms with Gasteiger partial charge in [0.05, 0.1) is 5.69 Å². The van der Waals surface area contributed by atoms with Gasteiger partial charge in [0, 0.05) is 11.8 Å². The molecule has 0 saturated carbocycles. The Balaban J connectivity index is 3.06. The van der Waals surface area contributed by atoms with Gasteiger partial charge < -0.3 is 5.73 Å². The van der Waals surface area contributed by atoms with Gasteiger partial charge in [0.25, 0.3) is 0 Å². The Labute approximate surface area is 107 Å². The van der Waals surface area contributed by atoms with Crippen molar-refractivity contribution in [3.63, 3.8) is 0 Å². The highest BCUT2D eigenvalue weighted by Crippen LogP contribution is 2.22. The minimum atomic E-state index is -3.53. The highest BCUT2D eigenvalue weighted by atomic mass is 32.2. The van der Waals surface area contributed by atoms with E-state index in [-0.39, 0.29) is 16.6 Å². The number of nitrogen functional groups attached to an aromatic ring is 1. The fourth-order valence-corrected chi connectivity index (χ4v) is 3.94. The zero-order valence-electron chi connectivity index (χ0n) is 10.2. The molecule has 0 aliphatic rings. The van der Waals surface area contributed by atoms with Crippen LogP contribution in [0.25, 0.3) is 0 Å². The smallest absolute Gasteiger partial charge is 0.243 e. The maximum Gasteiger partial charge on any atom is 0.243 e. The zero-order valence-corrected chi connectivity index (χ0v) is 11.9. The van der Waals surface area contributed by atoms with E-state index in [0.717, 1.165) is 5.75 Å².